The van der Waals surface area contributed by atoms with Gasteiger partial charge < -0.3 is 4.74 Å². The van der Waals surface area contributed by atoms with Gasteiger partial charge in [-0.2, -0.15) is 0 Å². The zero-order valence-corrected chi connectivity index (χ0v) is 11.9. The summed E-state index contributed by atoms with van der Waals surface area (Å²) < 4.78 is 6.04. The van der Waals surface area contributed by atoms with Gasteiger partial charge in [0.05, 0.1) is 11.6 Å². The highest BCUT2D eigenvalue weighted by molar-refractivity contribution is 5.83. The fourth-order valence-electron chi connectivity index (χ4n) is 3.20. The monoisotopic (exact) mass is 270 g/mol. The Morgan fingerprint density at radius 1 is 1.15 bits per heavy atom. The molecule has 2 aromatic carbocycles. The van der Waals surface area contributed by atoms with E-state index < -0.39 is 0 Å². The van der Waals surface area contributed by atoms with Crippen molar-refractivity contribution in [2.75, 3.05) is 6.61 Å². The number of hydrazine groups is 1. The molecule has 0 aliphatic carbocycles. The second-order valence-corrected chi connectivity index (χ2v) is 5.82. The molecule has 0 aromatic heterocycles. The van der Waals surface area contributed by atoms with Crippen LogP contribution in [-0.2, 0) is 4.74 Å². The van der Waals surface area contributed by atoms with Crippen LogP contribution in [0, 0.1) is 0 Å². The highest BCUT2D eigenvalue weighted by Crippen LogP contribution is 2.36. The maximum absolute atomic E-state index is 6.04. The molecule has 0 bridgehead atoms. The van der Waals surface area contributed by atoms with E-state index in [-0.39, 0.29) is 11.6 Å². The average Bonchev–Trinajstić information content (AvgIpc) is 2.48. The predicted molar refractivity (Wildman–Crippen MR) is 82.2 cm³/mol. The van der Waals surface area contributed by atoms with Gasteiger partial charge in [-0.25, -0.2) is 0 Å². The molecule has 3 rings (SSSR count). The van der Waals surface area contributed by atoms with E-state index in [9.17, 15) is 0 Å². The zero-order chi connectivity index (χ0) is 14.0. The third-order valence-electron chi connectivity index (χ3n) is 4.38. The fourth-order valence-corrected chi connectivity index (χ4v) is 3.20. The maximum Gasteiger partial charge on any atom is 0.0861 e. The lowest BCUT2D eigenvalue weighted by Crippen LogP contribution is -2.48. The molecule has 106 valence electrons. The summed E-state index contributed by atoms with van der Waals surface area (Å²) in [6.07, 6.45) is 3.38. The van der Waals surface area contributed by atoms with Gasteiger partial charge in [-0.15, -0.1) is 0 Å². The van der Waals surface area contributed by atoms with Crippen molar-refractivity contribution in [2.45, 2.75) is 37.8 Å². The van der Waals surface area contributed by atoms with E-state index >= 15 is 0 Å². The van der Waals surface area contributed by atoms with Crippen LogP contribution >= 0.6 is 0 Å². The molecule has 0 radical (unpaired) electrons. The molecule has 1 aliphatic heterocycles. The minimum absolute atomic E-state index is 0.0207. The van der Waals surface area contributed by atoms with Crippen LogP contribution in [0.4, 0.5) is 0 Å². The molecule has 2 aromatic rings. The van der Waals surface area contributed by atoms with Gasteiger partial charge >= 0.3 is 0 Å². The number of hydrogen-bond donors (Lipinski definition) is 2. The number of rotatable bonds is 3. The van der Waals surface area contributed by atoms with Crippen molar-refractivity contribution in [3.05, 3.63) is 48.0 Å². The molecule has 20 heavy (non-hydrogen) atoms. The van der Waals surface area contributed by atoms with Crippen molar-refractivity contribution in [3.8, 4) is 0 Å². The molecule has 3 heteroatoms. The van der Waals surface area contributed by atoms with Gasteiger partial charge in [0.25, 0.3) is 0 Å². The van der Waals surface area contributed by atoms with Crippen LogP contribution in [0.2, 0.25) is 0 Å². The Bertz CT molecular complexity index is 590. The number of ether oxygens (including phenoxy) is 1. The molecule has 2 atom stereocenters. The molecule has 3 nitrogen and oxygen atoms in total. The van der Waals surface area contributed by atoms with E-state index in [2.05, 4.69) is 54.8 Å². The second-order valence-electron chi connectivity index (χ2n) is 5.82. The highest BCUT2D eigenvalue weighted by atomic mass is 16.5. The largest absolute Gasteiger partial charge is 0.373 e. The summed E-state index contributed by atoms with van der Waals surface area (Å²) in [5, 5.41) is 2.49. The van der Waals surface area contributed by atoms with Crippen molar-refractivity contribution in [1.82, 2.24) is 5.43 Å². The summed E-state index contributed by atoms with van der Waals surface area (Å²) in [7, 11) is 0. The highest BCUT2D eigenvalue weighted by Gasteiger charge is 2.37. The first-order valence-corrected chi connectivity index (χ1v) is 7.32. The van der Waals surface area contributed by atoms with E-state index in [0.29, 0.717) is 0 Å². The summed E-state index contributed by atoms with van der Waals surface area (Å²) >= 11 is 0. The third kappa shape index (κ3) is 2.44. The lowest BCUT2D eigenvalue weighted by Gasteiger charge is -2.40. The first-order valence-electron chi connectivity index (χ1n) is 7.32. The van der Waals surface area contributed by atoms with E-state index in [1.807, 2.05) is 0 Å². The predicted octanol–water partition coefficient (Wildman–Crippen LogP) is 3.30. The molecule has 1 aliphatic rings. The summed E-state index contributed by atoms with van der Waals surface area (Å²) in [6, 6.07) is 14.9. The summed E-state index contributed by atoms with van der Waals surface area (Å²) in [6.45, 7) is 2.98. The van der Waals surface area contributed by atoms with Gasteiger partial charge in [0.15, 0.2) is 0 Å². The van der Waals surface area contributed by atoms with E-state index in [1.54, 1.807) is 0 Å². The van der Waals surface area contributed by atoms with E-state index in [4.69, 9.17) is 10.6 Å². The minimum Gasteiger partial charge on any atom is -0.373 e. The van der Waals surface area contributed by atoms with Gasteiger partial charge in [-0.1, -0.05) is 36.4 Å². The third-order valence-corrected chi connectivity index (χ3v) is 4.38. The van der Waals surface area contributed by atoms with Gasteiger partial charge in [-0.3, -0.25) is 11.3 Å². The van der Waals surface area contributed by atoms with Crippen LogP contribution in [0.5, 0.6) is 0 Å². The number of fused-ring (bicyclic) bond motifs is 1. The quantitative estimate of drug-likeness (QED) is 0.664. The molecule has 1 fully saturated rings. The average molecular weight is 270 g/mol. The van der Waals surface area contributed by atoms with Crippen molar-refractivity contribution in [3.63, 3.8) is 0 Å². The summed E-state index contributed by atoms with van der Waals surface area (Å²) in [5.74, 6) is 5.83. The standard InChI is InChI=1S/C17H22N2O/c1-17(10-4-5-11-20-17)16(19-18)15-9-8-13-6-2-3-7-14(13)12-15/h2-3,6-9,12,16,19H,4-5,10-11,18H2,1H3. The van der Waals surface area contributed by atoms with Crippen molar-refractivity contribution in [2.24, 2.45) is 5.84 Å². The molecule has 2 unspecified atom stereocenters. The Morgan fingerprint density at radius 2 is 1.95 bits per heavy atom. The van der Waals surface area contributed by atoms with Crippen LogP contribution in [0.25, 0.3) is 10.8 Å². The van der Waals surface area contributed by atoms with Crippen LogP contribution in [0.15, 0.2) is 42.5 Å². The molecular weight excluding hydrogens is 248 g/mol. The molecule has 1 heterocycles. The van der Waals surface area contributed by atoms with Gasteiger partial charge in [0, 0.05) is 6.61 Å². The fraction of sp³-hybridized carbons (Fsp3) is 0.412. The van der Waals surface area contributed by atoms with Crippen molar-refractivity contribution in [1.29, 1.82) is 0 Å². The number of benzene rings is 2. The summed E-state index contributed by atoms with van der Waals surface area (Å²) in [4.78, 5) is 0. The summed E-state index contributed by atoms with van der Waals surface area (Å²) in [5.41, 5.74) is 3.93. The first kappa shape index (κ1) is 13.6. The molecule has 0 saturated carbocycles. The Hall–Kier alpha value is -1.42. The van der Waals surface area contributed by atoms with Crippen LogP contribution in [0.1, 0.15) is 37.8 Å². The Labute approximate surface area is 120 Å². The normalized spacial score (nSPS) is 24.7. The van der Waals surface area contributed by atoms with E-state index in [1.165, 1.54) is 22.8 Å². The topological polar surface area (TPSA) is 47.3 Å². The molecular formula is C17H22N2O. The molecule has 0 amide bonds. The van der Waals surface area contributed by atoms with Gasteiger partial charge in [-0.05, 0) is 48.6 Å². The van der Waals surface area contributed by atoms with Crippen molar-refractivity contribution < 1.29 is 4.74 Å². The smallest absolute Gasteiger partial charge is 0.0861 e. The number of nitrogens with one attached hydrogen (secondary N) is 1. The van der Waals surface area contributed by atoms with Crippen LogP contribution in [0.3, 0.4) is 0 Å². The Balaban J connectivity index is 1.98. The van der Waals surface area contributed by atoms with E-state index in [0.717, 1.165) is 19.4 Å². The number of nitrogens with two attached hydrogens (primary N) is 1. The number of hydrogen-bond acceptors (Lipinski definition) is 3. The first-order chi connectivity index (χ1) is 9.73. The zero-order valence-electron chi connectivity index (χ0n) is 11.9. The van der Waals surface area contributed by atoms with Crippen LogP contribution < -0.4 is 11.3 Å². The lowest BCUT2D eigenvalue weighted by atomic mass is 9.84. The second kappa shape index (κ2) is 5.52. The lowest BCUT2D eigenvalue weighted by molar-refractivity contribution is -0.0898. The SMILES string of the molecule is CC1(C(NN)c2ccc3ccccc3c2)CCCCO1. The Kier molecular flexibility index (Phi) is 3.74. The Morgan fingerprint density at radius 3 is 2.65 bits per heavy atom. The van der Waals surface area contributed by atoms with Crippen molar-refractivity contribution >= 4 is 10.8 Å². The molecule has 3 N–H and O–H groups in total. The van der Waals surface area contributed by atoms with Gasteiger partial charge in [0.1, 0.15) is 0 Å². The maximum atomic E-state index is 6.04. The van der Waals surface area contributed by atoms with Crippen LogP contribution in [-0.4, -0.2) is 12.2 Å². The molecule has 0 spiro atoms. The molecule has 1 saturated heterocycles. The minimum atomic E-state index is -0.227. The van der Waals surface area contributed by atoms with Gasteiger partial charge in [0.2, 0.25) is 0 Å².